The highest BCUT2D eigenvalue weighted by Crippen LogP contribution is 2.26. The molecule has 4 heteroatoms. The first-order valence-electron chi connectivity index (χ1n) is 6.73. The average molecular weight is 272 g/mol. The fraction of sp³-hybridized carbons (Fsp3) is 0. The molecule has 0 atom stereocenters. The number of nitrogens with zero attached hydrogens (tertiary/aromatic N) is 4. The van der Waals surface area contributed by atoms with Crippen LogP contribution >= 0.6 is 0 Å². The van der Waals surface area contributed by atoms with E-state index in [2.05, 4.69) is 26.7 Å². The summed E-state index contributed by atoms with van der Waals surface area (Å²) in [6.07, 6.45) is 5.37. The minimum absolute atomic E-state index is 0.850. The molecule has 0 aliphatic rings. The van der Waals surface area contributed by atoms with E-state index in [0.717, 1.165) is 28.2 Å². The highest BCUT2D eigenvalue weighted by Gasteiger charge is 2.14. The molecular weight excluding hydrogens is 260 g/mol. The lowest BCUT2D eigenvalue weighted by Crippen LogP contribution is -1.98. The number of hydrogen-bond acceptors (Lipinski definition) is 3. The molecule has 100 valence electrons. The zero-order chi connectivity index (χ0) is 14.1. The Morgan fingerprint density at radius 1 is 0.810 bits per heavy atom. The molecule has 4 rings (SSSR count). The lowest BCUT2D eigenvalue weighted by atomic mass is 10.2. The Morgan fingerprint density at radius 3 is 2.48 bits per heavy atom. The zero-order valence-corrected chi connectivity index (χ0v) is 11.2. The van der Waals surface area contributed by atoms with Crippen LogP contribution in [0.3, 0.4) is 0 Å². The molecule has 0 fully saturated rings. The zero-order valence-electron chi connectivity index (χ0n) is 11.2. The van der Waals surface area contributed by atoms with Crippen LogP contribution in [0.2, 0.25) is 0 Å². The number of para-hydroxylation sites is 1. The SMILES string of the molecule is c1ccc(-n2c(-c3cccnc3)nc3cccnc32)cc1. The minimum atomic E-state index is 0.850. The summed E-state index contributed by atoms with van der Waals surface area (Å²) in [7, 11) is 0. The van der Waals surface area contributed by atoms with Gasteiger partial charge in [0.1, 0.15) is 11.3 Å². The molecule has 0 aliphatic heterocycles. The van der Waals surface area contributed by atoms with E-state index in [0.29, 0.717) is 0 Å². The van der Waals surface area contributed by atoms with Crippen LogP contribution < -0.4 is 0 Å². The molecule has 3 aromatic heterocycles. The van der Waals surface area contributed by atoms with Crippen LogP contribution in [0.15, 0.2) is 73.2 Å². The number of fused-ring (bicyclic) bond motifs is 1. The quantitative estimate of drug-likeness (QED) is 0.561. The number of aromatic nitrogens is 4. The Bertz CT molecular complexity index is 882. The van der Waals surface area contributed by atoms with Crippen molar-refractivity contribution in [3.05, 3.63) is 73.2 Å². The summed E-state index contributed by atoms with van der Waals surface area (Å²) in [6, 6.07) is 17.9. The van der Waals surface area contributed by atoms with Gasteiger partial charge < -0.3 is 0 Å². The molecule has 0 N–H and O–H groups in total. The van der Waals surface area contributed by atoms with Crippen LogP contribution in [0.1, 0.15) is 0 Å². The van der Waals surface area contributed by atoms with Gasteiger partial charge in [0.25, 0.3) is 0 Å². The average Bonchev–Trinajstić information content (AvgIpc) is 2.96. The molecule has 0 saturated carbocycles. The van der Waals surface area contributed by atoms with Crippen molar-refractivity contribution >= 4 is 11.2 Å². The molecule has 3 heterocycles. The molecule has 0 aliphatic carbocycles. The second-order valence-electron chi connectivity index (χ2n) is 4.69. The summed E-state index contributed by atoms with van der Waals surface area (Å²) in [5.41, 5.74) is 3.74. The van der Waals surface area contributed by atoms with Gasteiger partial charge >= 0.3 is 0 Å². The van der Waals surface area contributed by atoms with E-state index in [9.17, 15) is 0 Å². The summed E-state index contributed by atoms with van der Waals surface area (Å²) in [5.74, 6) is 0.850. The van der Waals surface area contributed by atoms with E-state index in [1.54, 1.807) is 12.4 Å². The smallest absolute Gasteiger partial charge is 0.164 e. The lowest BCUT2D eigenvalue weighted by Gasteiger charge is -2.08. The summed E-state index contributed by atoms with van der Waals surface area (Å²) in [6.45, 7) is 0. The van der Waals surface area contributed by atoms with Gasteiger partial charge in [0.15, 0.2) is 5.65 Å². The summed E-state index contributed by atoms with van der Waals surface area (Å²) in [5, 5.41) is 0. The fourth-order valence-electron chi connectivity index (χ4n) is 2.42. The maximum absolute atomic E-state index is 4.72. The maximum Gasteiger partial charge on any atom is 0.164 e. The van der Waals surface area contributed by atoms with Crippen molar-refractivity contribution in [1.82, 2.24) is 19.5 Å². The van der Waals surface area contributed by atoms with Gasteiger partial charge in [0.2, 0.25) is 0 Å². The largest absolute Gasteiger partial charge is 0.277 e. The van der Waals surface area contributed by atoms with Gasteiger partial charge in [0.05, 0.1) is 0 Å². The monoisotopic (exact) mass is 272 g/mol. The minimum Gasteiger partial charge on any atom is -0.277 e. The third-order valence-corrected chi connectivity index (χ3v) is 3.35. The summed E-state index contributed by atoms with van der Waals surface area (Å²) < 4.78 is 2.06. The second-order valence-corrected chi connectivity index (χ2v) is 4.69. The standard InChI is InChI=1S/C17H12N4/c1-2-7-14(8-3-1)21-16(13-6-4-10-18-12-13)20-15-9-5-11-19-17(15)21/h1-12H. The molecule has 4 nitrogen and oxygen atoms in total. The third-order valence-electron chi connectivity index (χ3n) is 3.35. The number of hydrogen-bond donors (Lipinski definition) is 0. The highest BCUT2D eigenvalue weighted by atomic mass is 15.1. The molecule has 4 aromatic rings. The Morgan fingerprint density at radius 2 is 1.67 bits per heavy atom. The van der Waals surface area contributed by atoms with Crippen LogP contribution in [-0.4, -0.2) is 19.5 Å². The van der Waals surface area contributed by atoms with Gasteiger partial charge in [-0.3, -0.25) is 9.55 Å². The molecule has 21 heavy (non-hydrogen) atoms. The molecule has 0 bridgehead atoms. The first-order valence-corrected chi connectivity index (χ1v) is 6.73. The molecule has 0 saturated heterocycles. The molecule has 0 radical (unpaired) electrons. The topological polar surface area (TPSA) is 43.6 Å². The first kappa shape index (κ1) is 11.8. The van der Waals surface area contributed by atoms with Gasteiger partial charge in [-0.2, -0.15) is 0 Å². The van der Waals surface area contributed by atoms with Crippen LogP contribution in [0.5, 0.6) is 0 Å². The first-order chi connectivity index (χ1) is 10.4. The van der Waals surface area contributed by atoms with E-state index >= 15 is 0 Å². The summed E-state index contributed by atoms with van der Waals surface area (Å²) >= 11 is 0. The predicted molar refractivity (Wildman–Crippen MR) is 82.1 cm³/mol. The van der Waals surface area contributed by atoms with Gasteiger partial charge in [-0.05, 0) is 36.4 Å². The van der Waals surface area contributed by atoms with Gasteiger partial charge in [-0.25, -0.2) is 9.97 Å². The Kier molecular flexibility index (Phi) is 2.71. The van der Waals surface area contributed by atoms with E-state index in [-0.39, 0.29) is 0 Å². The Hall–Kier alpha value is -3.01. The number of imidazole rings is 1. The van der Waals surface area contributed by atoms with Crippen molar-refractivity contribution in [2.45, 2.75) is 0 Å². The van der Waals surface area contributed by atoms with Gasteiger partial charge in [-0.15, -0.1) is 0 Å². The molecule has 0 unspecified atom stereocenters. The van der Waals surface area contributed by atoms with Crippen molar-refractivity contribution in [3.8, 4) is 17.1 Å². The van der Waals surface area contributed by atoms with Crippen LogP contribution in [0.4, 0.5) is 0 Å². The van der Waals surface area contributed by atoms with Crippen molar-refractivity contribution in [2.24, 2.45) is 0 Å². The molecular formula is C17H12N4. The van der Waals surface area contributed by atoms with E-state index in [1.165, 1.54) is 0 Å². The van der Waals surface area contributed by atoms with Crippen LogP contribution in [0.25, 0.3) is 28.2 Å². The highest BCUT2D eigenvalue weighted by molar-refractivity contribution is 5.79. The third kappa shape index (κ3) is 1.97. The lowest BCUT2D eigenvalue weighted by molar-refractivity contribution is 1.07. The number of benzene rings is 1. The van der Waals surface area contributed by atoms with E-state index in [1.807, 2.05) is 48.7 Å². The van der Waals surface area contributed by atoms with Crippen molar-refractivity contribution in [3.63, 3.8) is 0 Å². The Balaban J connectivity index is 2.07. The number of pyridine rings is 2. The molecule has 0 amide bonds. The normalized spacial score (nSPS) is 10.9. The van der Waals surface area contributed by atoms with Crippen LogP contribution in [-0.2, 0) is 0 Å². The number of rotatable bonds is 2. The molecule has 1 aromatic carbocycles. The van der Waals surface area contributed by atoms with E-state index in [4.69, 9.17) is 4.98 Å². The van der Waals surface area contributed by atoms with E-state index < -0.39 is 0 Å². The second kappa shape index (κ2) is 4.83. The van der Waals surface area contributed by atoms with Crippen molar-refractivity contribution in [1.29, 1.82) is 0 Å². The van der Waals surface area contributed by atoms with Gasteiger partial charge in [-0.1, -0.05) is 18.2 Å². The van der Waals surface area contributed by atoms with Crippen molar-refractivity contribution in [2.75, 3.05) is 0 Å². The Labute approximate surface area is 121 Å². The molecule has 0 spiro atoms. The summed E-state index contributed by atoms with van der Waals surface area (Å²) in [4.78, 5) is 13.4. The van der Waals surface area contributed by atoms with Gasteiger partial charge in [0, 0.05) is 29.8 Å². The van der Waals surface area contributed by atoms with Crippen molar-refractivity contribution < 1.29 is 0 Å². The van der Waals surface area contributed by atoms with Crippen LogP contribution in [0, 0.1) is 0 Å². The maximum atomic E-state index is 4.72. The predicted octanol–water partition coefficient (Wildman–Crippen LogP) is 3.48. The fourth-order valence-corrected chi connectivity index (χ4v) is 2.42.